The van der Waals surface area contributed by atoms with E-state index < -0.39 is 0 Å². The number of aryl methyl sites for hydroxylation is 2. The highest BCUT2D eigenvalue weighted by Crippen LogP contribution is 2.35. The molecule has 0 saturated carbocycles. The van der Waals surface area contributed by atoms with Crippen LogP contribution in [-0.2, 0) is 7.05 Å². The number of nitrogens with two attached hydrogens (primary N) is 1. The van der Waals surface area contributed by atoms with E-state index in [0.717, 1.165) is 28.5 Å². The average molecular weight is 290 g/mol. The number of thiocarbonyl (C=S) groups is 1. The van der Waals surface area contributed by atoms with E-state index in [-0.39, 0.29) is 6.79 Å². The summed E-state index contributed by atoms with van der Waals surface area (Å²) in [6.45, 7) is 2.13. The first-order chi connectivity index (χ1) is 9.56. The van der Waals surface area contributed by atoms with Crippen molar-refractivity contribution in [1.29, 1.82) is 0 Å². The summed E-state index contributed by atoms with van der Waals surface area (Å²) in [7, 11) is 1.84. The van der Waals surface area contributed by atoms with Gasteiger partial charge >= 0.3 is 0 Å². The Morgan fingerprint density at radius 1 is 1.40 bits per heavy atom. The Bertz CT molecular complexity index is 696. The summed E-state index contributed by atoms with van der Waals surface area (Å²) < 4.78 is 12.4. The molecule has 0 radical (unpaired) electrons. The van der Waals surface area contributed by atoms with E-state index in [1.165, 1.54) is 0 Å². The van der Waals surface area contributed by atoms with Crippen molar-refractivity contribution in [2.75, 3.05) is 12.1 Å². The molecule has 1 aliphatic rings. The number of nitrogens with one attached hydrogen (secondary N) is 1. The van der Waals surface area contributed by atoms with Crippen LogP contribution < -0.4 is 20.5 Å². The van der Waals surface area contributed by atoms with E-state index in [2.05, 4.69) is 10.4 Å². The maximum Gasteiger partial charge on any atom is 0.231 e. The first-order valence-corrected chi connectivity index (χ1v) is 6.47. The van der Waals surface area contributed by atoms with Crippen LogP contribution in [0, 0.1) is 6.92 Å². The Morgan fingerprint density at radius 2 is 2.15 bits per heavy atom. The normalized spacial score (nSPS) is 12.5. The molecule has 0 bridgehead atoms. The number of nitrogens with zero attached hydrogens (tertiary/aromatic N) is 2. The van der Waals surface area contributed by atoms with Crippen molar-refractivity contribution in [3.05, 3.63) is 29.5 Å². The van der Waals surface area contributed by atoms with Gasteiger partial charge in [0, 0.05) is 18.8 Å². The van der Waals surface area contributed by atoms with Gasteiger partial charge in [0.05, 0.1) is 11.3 Å². The quantitative estimate of drug-likeness (QED) is 0.840. The van der Waals surface area contributed by atoms with E-state index in [1.807, 2.05) is 32.2 Å². The predicted octanol–water partition coefficient (Wildman–Crippen LogP) is 1.84. The van der Waals surface area contributed by atoms with E-state index in [1.54, 1.807) is 4.68 Å². The molecule has 104 valence electrons. The van der Waals surface area contributed by atoms with Crippen LogP contribution in [0.3, 0.4) is 0 Å². The van der Waals surface area contributed by atoms with E-state index in [9.17, 15) is 0 Å². The molecule has 0 saturated heterocycles. The van der Waals surface area contributed by atoms with Crippen molar-refractivity contribution in [3.8, 4) is 11.5 Å². The topological polar surface area (TPSA) is 74.3 Å². The zero-order chi connectivity index (χ0) is 14.3. The van der Waals surface area contributed by atoms with Gasteiger partial charge in [0.1, 0.15) is 10.8 Å². The number of aromatic nitrogens is 2. The van der Waals surface area contributed by atoms with E-state index in [4.69, 9.17) is 27.4 Å². The molecule has 1 aromatic heterocycles. The molecule has 1 aromatic carbocycles. The molecule has 0 unspecified atom stereocenters. The third-order valence-electron chi connectivity index (χ3n) is 3.10. The summed E-state index contributed by atoms with van der Waals surface area (Å²) in [5.41, 5.74) is 8.17. The molecule has 0 aliphatic carbocycles. The van der Waals surface area contributed by atoms with Gasteiger partial charge in [0.25, 0.3) is 0 Å². The predicted molar refractivity (Wildman–Crippen MR) is 79.7 cm³/mol. The van der Waals surface area contributed by atoms with Crippen LogP contribution in [0.25, 0.3) is 0 Å². The zero-order valence-electron chi connectivity index (χ0n) is 11.1. The van der Waals surface area contributed by atoms with Gasteiger partial charge in [-0.15, -0.1) is 0 Å². The van der Waals surface area contributed by atoms with E-state index in [0.29, 0.717) is 10.7 Å². The third-order valence-corrected chi connectivity index (χ3v) is 3.31. The van der Waals surface area contributed by atoms with Gasteiger partial charge in [-0.25, -0.2) is 0 Å². The summed E-state index contributed by atoms with van der Waals surface area (Å²) >= 11 is 5.09. The molecule has 0 fully saturated rings. The number of anilines is 2. The van der Waals surface area contributed by atoms with Gasteiger partial charge in [-0.3, -0.25) is 4.68 Å². The summed E-state index contributed by atoms with van der Waals surface area (Å²) in [6, 6.07) is 5.63. The molecule has 6 nitrogen and oxygen atoms in total. The van der Waals surface area contributed by atoms with Crippen LogP contribution in [0.15, 0.2) is 18.2 Å². The Kier molecular flexibility index (Phi) is 2.98. The minimum Gasteiger partial charge on any atom is -0.454 e. The van der Waals surface area contributed by atoms with E-state index >= 15 is 0 Å². The first kappa shape index (κ1) is 12.7. The van der Waals surface area contributed by atoms with Gasteiger partial charge < -0.3 is 20.5 Å². The zero-order valence-corrected chi connectivity index (χ0v) is 12.0. The van der Waals surface area contributed by atoms with Crippen LogP contribution in [0.5, 0.6) is 11.5 Å². The highest BCUT2D eigenvalue weighted by atomic mass is 32.1. The molecule has 20 heavy (non-hydrogen) atoms. The fraction of sp³-hybridized carbons (Fsp3) is 0.231. The first-order valence-electron chi connectivity index (χ1n) is 6.06. The Labute approximate surface area is 121 Å². The molecule has 0 spiro atoms. The molecule has 3 rings (SSSR count). The highest BCUT2D eigenvalue weighted by Gasteiger charge is 2.18. The lowest BCUT2D eigenvalue weighted by Gasteiger charge is -2.09. The van der Waals surface area contributed by atoms with Crippen LogP contribution >= 0.6 is 12.2 Å². The molecule has 1 aliphatic heterocycles. The Hall–Kier alpha value is -2.28. The van der Waals surface area contributed by atoms with Crippen molar-refractivity contribution in [3.63, 3.8) is 0 Å². The molecular formula is C13H14N4O2S. The molecule has 0 amide bonds. The maximum absolute atomic E-state index is 5.77. The molecule has 7 heteroatoms. The minimum absolute atomic E-state index is 0.252. The fourth-order valence-electron chi connectivity index (χ4n) is 2.21. The number of rotatable bonds is 3. The van der Waals surface area contributed by atoms with Crippen LogP contribution in [0.1, 0.15) is 11.3 Å². The standard InChI is InChI=1S/C13H14N4O2S/c1-7-11(12(14)20)13(17(2)16-7)15-8-3-4-9-10(5-8)19-6-18-9/h3-5,15H,6H2,1-2H3,(H2,14,20). The van der Waals surface area contributed by atoms with Crippen molar-refractivity contribution in [2.24, 2.45) is 12.8 Å². The average Bonchev–Trinajstić information content (AvgIpc) is 2.94. The number of fused-ring (bicyclic) bond motifs is 1. The van der Waals surface area contributed by atoms with Gasteiger partial charge in [-0.2, -0.15) is 5.10 Å². The second-order valence-corrected chi connectivity index (χ2v) is 4.93. The fourth-order valence-corrected chi connectivity index (χ4v) is 2.45. The summed E-state index contributed by atoms with van der Waals surface area (Å²) in [5.74, 6) is 2.21. The summed E-state index contributed by atoms with van der Waals surface area (Å²) in [5, 5.41) is 7.60. The molecular weight excluding hydrogens is 276 g/mol. The lowest BCUT2D eigenvalue weighted by molar-refractivity contribution is 0.174. The van der Waals surface area contributed by atoms with Crippen molar-refractivity contribution >= 4 is 28.7 Å². The number of benzene rings is 1. The second-order valence-electron chi connectivity index (χ2n) is 4.49. The van der Waals surface area contributed by atoms with Gasteiger partial charge in [0.2, 0.25) is 6.79 Å². The second kappa shape index (κ2) is 4.68. The summed E-state index contributed by atoms with van der Waals surface area (Å²) in [6.07, 6.45) is 0. The monoisotopic (exact) mass is 290 g/mol. The van der Waals surface area contributed by atoms with Gasteiger partial charge in [-0.05, 0) is 19.1 Å². The molecule has 2 aromatic rings. The molecule has 3 N–H and O–H groups in total. The summed E-state index contributed by atoms with van der Waals surface area (Å²) in [4.78, 5) is 0.318. The lowest BCUT2D eigenvalue weighted by atomic mass is 10.2. The van der Waals surface area contributed by atoms with Gasteiger partial charge in [-0.1, -0.05) is 12.2 Å². The molecule has 2 heterocycles. The number of hydrogen-bond acceptors (Lipinski definition) is 5. The largest absolute Gasteiger partial charge is 0.454 e. The van der Waals surface area contributed by atoms with Gasteiger partial charge in [0.15, 0.2) is 11.5 Å². The highest BCUT2D eigenvalue weighted by molar-refractivity contribution is 7.80. The number of hydrogen-bond donors (Lipinski definition) is 2. The van der Waals surface area contributed by atoms with Crippen molar-refractivity contribution in [2.45, 2.75) is 6.92 Å². The lowest BCUT2D eigenvalue weighted by Crippen LogP contribution is -2.12. The Balaban J connectivity index is 1.97. The van der Waals surface area contributed by atoms with Crippen LogP contribution in [0.4, 0.5) is 11.5 Å². The number of ether oxygens (including phenoxy) is 2. The van der Waals surface area contributed by atoms with Crippen LogP contribution in [-0.4, -0.2) is 21.6 Å². The molecule has 0 atom stereocenters. The van der Waals surface area contributed by atoms with Crippen LogP contribution in [0.2, 0.25) is 0 Å². The van der Waals surface area contributed by atoms with Crippen molar-refractivity contribution in [1.82, 2.24) is 9.78 Å². The minimum atomic E-state index is 0.252. The Morgan fingerprint density at radius 3 is 2.90 bits per heavy atom. The SMILES string of the molecule is Cc1nn(C)c(Nc2ccc3c(c2)OCO3)c1C(N)=S. The third kappa shape index (κ3) is 2.05. The van der Waals surface area contributed by atoms with Crippen molar-refractivity contribution < 1.29 is 9.47 Å². The smallest absolute Gasteiger partial charge is 0.231 e. The maximum atomic E-state index is 5.77.